The number of aliphatic carboxylic acids is 1. The van der Waals surface area contributed by atoms with Crippen molar-refractivity contribution in [3.63, 3.8) is 0 Å². The first-order chi connectivity index (χ1) is 9.51. The molecule has 0 radical (unpaired) electrons. The Hall–Kier alpha value is -2.47. The number of rotatable bonds is 5. The Morgan fingerprint density at radius 1 is 1.25 bits per heavy atom. The van der Waals surface area contributed by atoms with Crippen molar-refractivity contribution in [2.45, 2.75) is 12.5 Å². The van der Waals surface area contributed by atoms with Crippen molar-refractivity contribution in [1.82, 2.24) is 0 Å². The second kappa shape index (κ2) is 10.5. The van der Waals surface area contributed by atoms with Crippen LogP contribution in [0.2, 0.25) is 0 Å². The summed E-state index contributed by atoms with van der Waals surface area (Å²) in [4.78, 5) is 10.4. The number of nitrogens with two attached hydrogens (primary N) is 1. The van der Waals surface area contributed by atoms with E-state index in [-0.39, 0.29) is 12.2 Å². The van der Waals surface area contributed by atoms with Crippen LogP contribution in [0.1, 0.15) is 5.56 Å². The highest BCUT2D eigenvalue weighted by Gasteiger charge is 2.11. The van der Waals surface area contributed by atoms with E-state index in [2.05, 4.69) is 16.6 Å². The van der Waals surface area contributed by atoms with Crippen LogP contribution in [-0.4, -0.2) is 35.4 Å². The van der Waals surface area contributed by atoms with E-state index in [4.69, 9.17) is 28.8 Å². The quantitative estimate of drug-likeness (QED) is 0.541. The fourth-order valence-electron chi connectivity index (χ4n) is 1.14. The number of hydrogen-bond donors (Lipinski definition) is 3. The molecule has 0 bridgehead atoms. The van der Waals surface area contributed by atoms with Crippen molar-refractivity contribution in [3.8, 4) is 30.4 Å². The van der Waals surface area contributed by atoms with Gasteiger partial charge in [-0.05, 0) is 24.1 Å². The second-order valence-corrected chi connectivity index (χ2v) is 3.72. The topological polar surface area (TPSA) is 92.8 Å². The minimum Gasteiger partial charge on any atom is -0.508 e. The summed E-state index contributed by atoms with van der Waals surface area (Å²) in [6, 6.07) is 5.42. The predicted octanol–water partition coefficient (Wildman–Crippen LogP) is 0.616. The zero-order valence-electron chi connectivity index (χ0n) is 11.0. The minimum absolute atomic E-state index is 0.160. The molecule has 1 aromatic rings. The molecule has 0 aliphatic heterocycles. The predicted molar refractivity (Wildman–Crippen MR) is 75.9 cm³/mol. The Labute approximate surface area is 118 Å². The van der Waals surface area contributed by atoms with Crippen molar-refractivity contribution in [3.05, 3.63) is 29.8 Å². The molecule has 0 aliphatic rings. The average molecular weight is 275 g/mol. The Morgan fingerprint density at radius 3 is 2.15 bits per heavy atom. The largest absolute Gasteiger partial charge is 0.508 e. The molecule has 1 aromatic carbocycles. The van der Waals surface area contributed by atoms with E-state index >= 15 is 0 Å². The van der Waals surface area contributed by atoms with E-state index in [0.29, 0.717) is 13.2 Å². The number of hydrogen-bond acceptors (Lipinski definition) is 4. The summed E-state index contributed by atoms with van der Waals surface area (Å²) in [5, 5.41) is 17.5. The molecule has 0 spiro atoms. The van der Waals surface area contributed by atoms with Crippen LogP contribution in [0.4, 0.5) is 0 Å². The number of terminal acetylenes is 2. The molecule has 4 N–H and O–H groups in total. The third-order valence-corrected chi connectivity index (χ3v) is 2.08. The lowest BCUT2D eigenvalue weighted by atomic mass is 10.1. The van der Waals surface area contributed by atoms with Crippen LogP contribution in [0.5, 0.6) is 5.75 Å². The highest BCUT2D eigenvalue weighted by atomic mass is 16.5. The van der Waals surface area contributed by atoms with Gasteiger partial charge in [-0.1, -0.05) is 24.0 Å². The first-order valence-corrected chi connectivity index (χ1v) is 5.72. The molecular formula is C15H17NO4. The molecule has 0 unspecified atom stereocenters. The second-order valence-electron chi connectivity index (χ2n) is 3.72. The summed E-state index contributed by atoms with van der Waals surface area (Å²) < 4.78 is 4.66. The van der Waals surface area contributed by atoms with E-state index in [0.717, 1.165) is 5.56 Å². The fourth-order valence-corrected chi connectivity index (χ4v) is 1.14. The van der Waals surface area contributed by atoms with Gasteiger partial charge < -0.3 is 20.7 Å². The summed E-state index contributed by atoms with van der Waals surface area (Å²) in [5.74, 6) is 3.71. The molecule has 0 fully saturated rings. The summed E-state index contributed by atoms with van der Waals surface area (Å²) >= 11 is 0. The molecule has 0 aliphatic carbocycles. The SMILES string of the molecule is C#CCOCC#C.N[C@@H](Cc1ccc(O)cc1)C(=O)O. The molecule has 0 heterocycles. The maximum absolute atomic E-state index is 10.4. The number of phenolic OH excluding ortho intramolecular Hbond substituents is 1. The van der Waals surface area contributed by atoms with Crippen LogP contribution in [-0.2, 0) is 16.0 Å². The van der Waals surface area contributed by atoms with Crippen molar-refractivity contribution in [1.29, 1.82) is 0 Å². The Bertz CT molecular complexity index is 468. The third-order valence-electron chi connectivity index (χ3n) is 2.08. The van der Waals surface area contributed by atoms with E-state index in [9.17, 15) is 4.79 Å². The van der Waals surface area contributed by atoms with Crippen LogP contribution in [0, 0.1) is 24.7 Å². The minimum atomic E-state index is -1.02. The molecule has 0 saturated carbocycles. The zero-order chi connectivity index (χ0) is 15.4. The highest BCUT2D eigenvalue weighted by Crippen LogP contribution is 2.10. The molecule has 1 rings (SSSR count). The molecule has 106 valence electrons. The van der Waals surface area contributed by atoms with Crippen molar-refractivity contribution in [2.24, 2.45) is 5.73 Å². The fraction of sp³-hybridized carbons (Fsp3) is 0.267. The van der Waals surface area contributed by atoms with Gasteiger partial charge in [0.2, 0.25) is 0 Å². The first-order valence-electron chi connectivity index (χ1n) is 5.72. The van der Waals surface area contributed by atoms with Gasteiger partial charge >= 0.3 is 5.97 Å². The molecule has 20 heavy (non-hydrogen) atoms. The molecular weight excluding hydrogens is 258 g/mol. The van der Waals surface area contributed by atoms with E-state index in [1.165, 1.54) is 12.1 Å². The molecule has 0 amide bonds. The maximum atomic E-state index is 10.4. The first kappa shape index (κ1) is 17.5. The number of benzene rings is 1. The highest BCUT2D eigenvalue weighted by molar-refractivity contribution is 5.73. The average Bonchev–Trinajstić information content (AvgIpc) is 2.42. The van der Waals surface area contributed by atoms with E-state index in [1.807, 2.05) is 0 Å². The third kappa shape index (κ3) is 8.60. The van der Waals surface area contributed by atoms with Gasteiger partial charge in [0.1, 0.15) is 25.0 Å². The number of carboxylic acids is 1. The van der Waals surface area contributed by atoms with Crippen molar-refractivity contribution in [2.75, 3.05) is 13.2 Å². The van der Waals surface area contributed by atoms with E-state index < -0.39 is 12.0 Å². The van der Waals surface area contributed by atoms with Gasteiger partial charge in [-0.15, -0.1) is 12.8 Å². The lowest BCUT2D eigenvalue weighted by Gasteiger charge is -2.05. The van der Waals surface area contributed by atoms with Gasteiger partial charge in [-0.2, -0.15) is 0 Å². The van der Waals surface area contributed by atoms with Gasteiger partial charge in [0.05, 0.1) is 0 Å². The lowest BCUT2D eigenvalue weighted by Crippen LogP contribution is -2.32. The summed E-state index contributed by atoms with van der Waals surface area (Å²) in [6.45, 7) is 0.619. The Balaban J connectivity index is 0.000000441. The number of ether oxygens (including phenoxy) is 1. The lowest BCUT2D eigenvalue weighted by molar-refractivity contribution is -0.138. The molecule has 5 nitrogen and oxygen atoms in total. The molecule has 5 heteroatoms. The van der Waals surface area contributed by atoms with Gasteiger partial charge in [-0.25, -0.2) is 0 Å². The molecule has 1 atom stereocenters. The molecule has 0 saturated heterocycles. The van der Waals surface area contributed by atoms with Crippen LogP contribution in [0.3, 0.4) is 0 Å². The number of carboxylic acid groups (broad SMARTS) is 1. The Morgan fingerprint density at radius 2 is 1.75 bits per heavy atom. The van der Waals surface area contributed by atoms with Gasteiger partial charge in [-0.3, -0.25) is 4.79 Å². The van der Waals surface area contributed by atoms with Crippen LogP contribution in [0.15, 0.2) is 24.3 Å². The van der Waals surface area contributed by atoms with E-state index in [1.54, 1.807) is 12.1 Å². The monoisotopic (exact) mass is 275 g/mol. The summed E-state index contributed by atoms with van der Waals surface area (Å²) in [6.07, 6.45) is 9.92. The maximum Gasteiger partial charge on any atom is 0.320 e. The number of phenols is 1. The normalized spacial score (nSPS) is 10.3. The Kier molecular flexibility index (Phi) is 9.16. The standard InChI is InChI=1S/C9H11NO3.C6H6O/c10-8(9(12)13)5-6-1-3-7(11)4-2-6;1-3-5-7-6-4-2/h1-4,8,11H,5,10H2,(H,12,13);1-2H,5-6H2/t8-;/m0./s1. The summed E-state index contributed by atoms with van der Waals surface area (Å²) in [5.41, 5.74) is 6.12. The number of carbonyl (C=O) groups is 1. The van der Waals surface area contributed by atoms with Gasteiger partial charge in [0.15, 0.2) is 0 Å². The van der Waals surface area contributed by atoms with Gasteiger partial charge in [0, 0.05) is 0 Å². The van der Waals surface area contributed by atoms with Crippen LogP contribution in [0.25, 0.3) is 0 Å². The number of aromatic hydroxyl groups is 1. The van der Waals surface area contributed by atoms with Crippen LogP contribution >= 0.6 is 0 Å². The van der Waals surface area contributed by atoms with Crippen LogP contribution < -0.4 is 5.73 Å². The van der Waals surface area contributed by atoms with Crippen molar-refractivity contribution >= 4 is 5.97 Å². The zero-order valence-corrected chi connectivity index (χ0v) is 11.0. The van der Waals surface area contributed by atoms with Crippen molar-refractivity contribution < 1.29 is 19.7 Å². The summed E-state index contributed by atoms with van der Waals surface area (Å²) in [7, 11) is 0. The van der Waals surface area contributed by atoms with Gasteiger partial charge in [0.25, 0.3) is 0 Å². The molecule has 0 aromatic heterocycles. The smallest absolute Gasteiger partial charge is 0.320 e.